The molecule has 0 saturated carbocycles. The number of urea groups is 1. The highest BCUT2D eigenvalue weighted by molar-refractivity contribution is 7.08. The minimum absolute atomic E-state index is 0.0445. The number of rotatable bonds is 5. The summed E-state index contributed by atoms with van der Waals surface area (Å²) in [5.41, 5.74) is 2.12. The number of likely N-dealkylation sites (tertiary alicyclic amines) is 1. The lowest BCUT2D eigenvalue weighted by molar-refractivity contribution is 0.0828. The molecule has 2 atom stereocenters. The van der Waals surface area contributed by atoms with Crippen molar-refractivity contribution >= 4 is 23.1 Å². The Labute approximate surface area is 153 Å². The zero-order valence-corrected chi connectivity index (χ0v) is 16.0. The number of aryl methyl sites for hydroxylation is 1. The number of nitrogens with one attached hydrogen (secondary N) is 1. The summed E-state index contributed by atoms with van der Waals surface area (Å²) in [5, 5.41) is 11.2. The normalized spacial score (nSPS) is 21.2. The van der Waals surface area contributed by atoms with Gasteiger partial charge in [0.2, 0.25) is 0 Å². The average Bonchev–Trinajstić information content (AvgIpc) is 3.26. The van der Waals surface area contributed by atoms with Crippen LogP contribution in [0.15, 0.2) is 29.2 Å². The Morgan fingerprint density at radius 1 is 1.52 bits per heavy atom. The van der Waals surface area contributed by atoms with Crippen molar-refractivity contribution in [2.45, 2.75) is 25.8 Å². The summed E-state index contributed by atoms with van der Waals surface area (Å²) >= 11 is 1.58. The first-order valence-corrected chi connectivity index (χ1v) is 9.79. The van der Waals surface area contributed by atoms with Crippen LogP contribution < -0.4 is 5.32 Å². The van der Waals surface area contributed by atoms with Crippen LogP contribution in [-0.4, -0.2) is 52.3 Å². The monoisotopic (exact) mass is 361 g/mol. The van der Waals surface area contributed by atoms with Crippen molar-refractivity contribution in [1.82, 2.24) is 19.6 Å². The molecular formula is C18H27N5OS. The van der Waals surface area contributed by atoms with Gasteiger partial charge in [-0.3, -0.25) is 9.58 Å². The molecule has 0 aliphatic carbocycles. The van der Waals surface area contributed by atoms with Crippen molar-refractivity contribution < 1.29 is 4.79 Å². The van der Waals surface area contributed by atoms with Gasteiger partial charge in [-0.15, -0.1) is 0 Å². The van der Waals surface area contributed by atoms with E-state index in [1.807, 2.05) is 46.7 Å². The van der Waals surface area contributed by atoms with Gasteiger partial charge in [0.25, 0.3) is 0 Å². The predicted octanol–water partition coefficient (Wildman–Crippen LogP) is 3.42. The van der Waals surface area contributed by atoms with Crippen molar-refractivity contribution in [2.24, 2.45) is 13.0 Å². The molecule has 2 aromatic heterocycles. The SMILES string of the molecule is CCN1CCC[C@@H](CN(C)C(=O)Nc2ccsc2)[C@@H]1c1cnn(C)c1. The Hall–Kier alpha value is -1.86. The fraction of sp³-hybridized carbons (Fsp3) is 0.556. The number of nitrogens with zero attached hydrogens (tertiary/aromatic N) is 4. The van der Waals surface area contributed by atoms with E-state index in [1.165, 1.54) is 12.0 Å². The standard InChI is InChI=1S/C18H27N5OS/c1-4-23-8-5-6-14(17(23)15-10-19-22(3)12-15)11-21(2)18(24)20-16-7-9-25-13-16/h7,9-10,12-14,17H,4-6,8,11H2,1-3H3,(H,20,24)/t14-,17+/m0/s1. The van der Waals surface area contributed by atoms with E-state index in [9.17, 15) is 4.79 Å². The summed E-state index contributed by atoms with van der Waals surface area (Å²) in [6.45, 7) is 5.07. The highest BCUT2D eigenvalue weighted by atomic mass is 32.1. The van der Waals surface area contributed by atoms with Crippen LogP contribution in [0.4, 0.5) is 10.5 Å². The lowest BCUT2D eigenvalue weighted by atomic mass is 9.85. The average molecular weight is 362 g/mol. The summed E-state index contributed by atoms with van der Waals surface area (Å²) in [7, 11) is 3.84. The summed E-state index contributed by atoms with van der Waals surface area (Å²) < 4.78 is 1.86. The first-order chi connectivity index (χ1) is 12.1. The van der Waals surface area contributed by atoms with Crippen LogP contribution in [0.25, 0.3) is 0 Å². The minimum atomic E-state index is -0.0445. The highest BCUT2D eigenvalue weighted by Crippen LogP contribution is 2.36. The second-order valence-corrected chi connectivity index (χ2v) is 7.53. The second kappa shape index (κ2) is 8.01. The quantitative estimate of drug-likeness (QED) is 0.888. The first-order valence-electron chi connectivity index (χ1n) is 8.85. The maximum absolute atomic E-state index is 12.5. The Kier molecular flexibility index (Phi) is 5.75. The van der Waals surface area contributed by atoms with E-state index in [4.69, 9.17) is 0 Å². The molecule has 0 unspecified atom stereocenters. The van der Waals surface area contributed by atoms with Gasteiger partial charge in [0.05, 0.1) is 11.9 Å². The molecule has 0 radical (unpaired) electrons. The van der Waals surface area contributed by atoms with Gasteiger partial charge >= 0.3 is 6.03 Å². The molecule has 2 aromatic rings. The maximum Gasteiger partial charge on any atom is 0.321 e. The zero-order valence-electron chi connectivity index (χ0n) is 15.2. The zero-order chi connectivity index (χ0) is 17.8. The van der Waals surface area contributed by atoms with Crippen LogP contribution in [0.1, 0.15) is 31.4 Å². The van der Waals surface area contributed by atoms with Gasteiger partial charge in [-0.2, -0.15) is 16.4 Å². The van der Waals surface area contributed by atoms with Gasteiger partial charge in [-0.05, 0) is 43.3 Å². The van der Waals surface area contributed by atoms with E-state index in [0.717, 1.165) is 31.7 Å². The van der Waals surface area contributed by atoms with Crippen molar-refractivity contribution in [3.8, 4) is 0 Å². The fourth-order valence-electron chi connectivity index (χ4n) is 3.76. The van der Waals surface area contributed by atoms with Crippen molar-refractivity contribution in [1.29, 1.82) is 0 Å². The van der Waals surface area contributed by atoms with Crippen LogP contribution in [0.3, 0.4) is 0 Å². The summed E-state index contributed by atoms with van der Waals surface area (Å²) in [5.74, 6) is 0.413. The number of piperidine rings is 1. The van der Waals surface area contributed by atoms with E-state index in [-0.39, 0.29) is 6.03 Å². The second-order valence-electron chi connectivity index (χ2n) is 6.75. The van der Waals surface area contributed by atoms with Crippen molar-refractivity contribution in [3.63, 3.8) is 0 Å². The third kappa shape index (κ3) is 4.22. The predicted molar refractivity (Wildman–Crippen MR) is 102 cm³/mol. The summed E-state index contributed by atoms with van der Waals surface area (Å²) in [6, 6.07) is 2.20. The number of thiophene rings is 1. The van der Waals surface area contributed by atoms with E-state index in [1.54, 1.807) is 11.3 Å². The molecule has 2 amide bonds. The number of carbonyl (C=O) groups excluding carboxylic acids is 1. The van der Waals surface area contributed by atoms with Gasteiger partial charge in [-0.25, -0.2) is 4.79 Å². The number of amides is 2. The Bertz CT molecular complexity index is 683. The largest absolute Gasteiger partial charge is 0.327 e. The third-order valence-electron chi connectivity index (χ3n) is 4.96. The molecule has 136 valence electrons. The fourth-order valence-corrected chi connectivity index (χ4v) is 4.35. The van der Waals surface area contributed by atoms with E-state index in [0.29, 0.717) is 12.0 Å². The van der Waals surface area contributed by atoms with Gasteiger partial charge in [-0.1, -0.05) is 6.92 Å². The molecule has 3 heterocycles. The van der Waals surface area contributed by atoms with Crippen LogP contribution >= 0.6 is 11.3 Å². The van der Waals surface area contributed by atoms with E-state index in [2.05, 4.69) is 28.4 Å². The summed E-state index contributed by atoms with van der Waals surface area (Å²) in [4.78, 5) is 16.8. The molecule has 25 heavy (non-hydrogen) atoms. The maximum atomic E-state index is 12.5. The molecule has 1 aliphatic heterocycles. The van der Waals surface area contributed by atoms with E-state index < -0.39 is 0 Å². The van der Waals surface area contributed by atoms with E-state index >= 15 is 0 Å². The minimum Gasteiger partial charge on any atom is -0.327 e. The van der Waals surface area contributed by atoms with Crippen molar-refractivity contribution in [3.05, 3.63) is 34.8 Å². The number of hydrogen-bond acceptors (Lipinski definition) is 4. The lowest BCUT2D eigenvalue weighted by Crippen LogP contribution is -2.44. The highest BCUT2D eigenvalue weighted by Gasteiger charge is 2.34. The topological polar surface area (TPSA) is 53.4 Å². The van der Waals surface area contributed by atoms with Crippen LogP contribution in [0.2, 0.25) is 0 Å². The molecule has 0 aromatic carbocycles. The number of anilines is 1. The molecule has 3 rings (SSSR count). The number of carbonyl (C=O) groups is 1. The smallest absolute Gasteiger partial charge is 0.321 e. The lowest BCUT2D eigenvalue weighted by Gasteiger charge is -2.41. The molecule has 1 N–H and O–H groups in total. The number of aromatic nitrogens is 2. The van der Waals surface area contributed by atoms with Crippen LogP contribution in [0, 0.1) is 5.92 Å². The van der Waals surface area contributed by atoms with Gasteiger partial charge < -0.3 is 10.2 Å². The molecule has 1 saturated heterocycles. The molecular weight excluding hydrogens is 334 g/mol. The number of hydrogen-bond donors (Lipinski definition) is 1. The molecule has 0 spiro atoms. The van der Waals surface area contributed by atoms with Crippen molar-refractivity contribution in [2.75, 3.05) is 32.0 Å². The van der Waals surface area contributed by atoms with Crippen LogP contribution in [0.5, 0.6) is 0 Å². The summed E-state index contributed by atoms with van der Waals surface area (Å²) in [6.07, 6.45) is 6.38. The van der Waals surface area contributed by atoms with Gasteiger partial charge in [0, 0.05) is 43.8 Å². The third-order valence-corrected chi connectivity index (χ3v) is 5.64. The molecule has 1 fully saturated rings. The molecule has 7 heteroatoms. The van der Waals surface area contributed by atoms with Gasteiger partial charge in [0.1, 0.15) is 0 Å². The first kappa shape index (κ1) is 17.9. The molecule has 0 bridgehead atoms. The molecule has 6 nitrogen and oxygen atoms in total. The Morgan fingerprint density at radius 2 is 2.36 bits per heavy atom. The Morgan fingerprint density at radius 3 is 3.00 bits per heavy atom. The van der Waals surface area contributed by atoms with Crippen LogP contribution in [-0.2, 0) is 7.05 Å². The van der Waals surface area contributed by atoms with Gasteiger partial charge in [0.15, 0.2) is 0 Å². The molecule has 1 aliphatic rings. The Balaban J connectivity index is 1.70.